The van der Waals surface area contributed by atoms with Gasteiger partial charge in [-0.25, -0.2) is 9.98 Å². The number of benzene rings is 1. The molecule has 0 aliphatic carbocycles. The lowest BCUT2D eigenvalue weighted by atomic mass is 10.1. The van der Waals surface area contributed by atoms with Crippen LogP contribution in [-0.2, 0) is 0 Å². The molecule has 0 saturated heterocycles. The standard InChI is InChI=1S/C20H25N5O/c1-11(2)17-13(4)20(26)25-19(22-17)18(14(5)23-25)21-16-9-8-15(24(6)7)10-12(16)3/h8-11,23H,5H2,1-4,6-7H3. The third-order valence-electron chi connectivity index (χ3n) is 4.57. The van der Waals surface area contributed by atoms with E-state index < -0.39 is 0 Å². The summed E-state index contributed by atoms with van der Waals surface area (Å²) < 4.78 is 1.44. The fraction of sp³-hybridized carbons (Fsp3) is 0.350. The van der Waals surface area contributed by atoms with Crippen LogP contribution < -0.4 is 21.2 Å². The van der Waals surface area contributed by atoms with Crippen molar-refractivity contribution in [2.24, 2.45) is 4.99 Å². The molecule has 136 valence electrons. The number of hydrogen-bond donors (Lipinski definition) is 1. The Morgan fingerprint density at radius 1 is 1.27 bits per heavy atom. The molecule has 0 saturated carbocycles. The predicted molar refractivity (Wildman–Crippen MR) is 106 cm³/mol. The third-order valence-corrected chi connectivity index (χ3v) is 4.57. The van der Waals surface area contributed by atoms with Gasteiger partial charge in [0.25, 0.3) is 5.56 Å². The van der Waals surface area contributed by atoms with E-state index in [0.29, 0.717) is 21.9 Å². The molecule has 3 aromatic rings. The van der Waals surface area contributed by atoms with Crippen LogP contribution in [0, 0.1) is 13.8 Å². The van der Waals surface area contributed by atoms with Crippen molar-refractivity contribution in [3.05, 3.63) is 56.1 Å². The third kappa shape index (κ3) is 2.92. The van der Waals surface area contributed by atoms with E-state index in [1.165, 1.54) is 4.52 Å². The van der Waals surface area contributed by atoms with Crippen molar-refractivity contribution in [1.82, 2.24) is 14.6 Å². The Morgan fingerprint density at radius 2 is 1.96 bits per heavy atom. The molecule has 0 aliphatic rings. The lowest BCUT2D eigenvalue weighted by Crippen LogP contribution is -2.23. The molecule has 1 N–H and O–H groups in total. The predicted octanol–water partition coefficient (Wildman–Crippen LogP) is 2.19. The van der Waals surface area contributed by atoms with E-state index >= 15 is 0 Å². The number of hydrogen-bond acceptors (Lipinski definition) is 4. The quantitative estimate of drug-likeness (QED) is 0.787. The van der Waals surface area contributed by atoms with Crippen molar-refractivity contribution in [2.45, 2.75) is 33.6 Å². The average molecular weight is 351 g/mol. The minimum absolute atomic E-state index is 0.107. The zero-order valence-corrected chi connectivity index (χ0v) is 16.2. The Balaban J connectivity index is 2.32. The summed E-state index contributed by atoms with van der Waals surface area (Å²) in [6.45, 7) is 11.9. The fourth-order valence-electron chi connectivity index (χ4n) is 3.05. The normalized spacial score (nSPS) is 12.3. The first kappa shape index (κ1) is 17.9. The van der Waals surface area contributed by atoms with Gasteiger partial charge in [0, 0.05) is 25.3 Å². The first-order valence-corrected chi connectivity index (χ1v) is 8.67. The monoisotopic (exact) mass is 351 g/mol. The molecule has 0 radical (unpaired) electrons. The summed E-state index contributed by atoms with van der Waals surface area (Å²) in [6, 6.07) is 6.08. The summed E-state index contributed by atoms with van der Waals surface area (Å²) in [5.74, 6) is 0.157. The highest BCUT2D eigenvalue weighted by Gasteiger charge is 2.14. The van der Waals surface area contributed by atoms with Crippen molar-refractivity contribution in [2.75, 3.05) is 19.0 Å². The van der Waals surface area contributed by atoms with Crippen LogP contribution in [0.15, 0.2) is 28.0 Å². The number of anilines is 1. The van der Waals surface area contributed by atoms with Gasteiger partial charge in [0.05, 0.1) is 16.7 Å². The highest BCUT2D eigenvalue weighted by atomic mass is 16.1. The molecule has 0 spiro atoms. The molecule has 6 heteroatoms. The molecule has 0 atom stereocenters. The van der Waals surface area contributed by atoms with E-state index in [9.17, 15) is 4.79 Å². The SMILES string of the molecule is C=c1[nH]n2c(=O)c(C)c(C(C)C)nc2c1=Nc1ccc(N(C)C)cc1C. The van der Waals surface area contributed by atoms with Crippen LogP contribution in [0.25, 0.3) is 12.2 Å². The van der Waals surface area contributed by atoms with E-state index in [0.717, 1.165) is 22.6 Å². The Morgan fingerprint density at radius 3 is 2.54 bits per heavy atom. The summed E-state index contributed by atoms with van der Waals surface area (Å²) in [5.41, 5.74) is 4.86. The second-order valence-corrected chi connectivity index (χ2v) is 7.16. The minimum atomic E-state index is -0.107. The molecule has 0 aliphatic heterocycles. The molecule has 0 amide bonds. The Kier molecular flexibility index (Phi) is 4.44. The Bertz CT molecular complexity index is 1150. The van der Waals surface area contributed by atoms with Crippen molar-refractivity contribution in [3.63, 3.8) is 0 Å². The number of aromatic amines is 1. The largest absolute Gasteiger partial charge is 0.378 e. The molecular weight excluding hydrogens is 326 g/mol. The highest BCUT2D eigenvalue weighted by Crippen LogP contribution is 2.23. The smallest absolute Gasteiger partial charge is 0.275 e. The highest BCUT2D eigenvalue weighted by molar-refractivity contribution is 5.57. The van der Waals surface area contributed by atoms with E-state index in [-0.39, 0.29) is 11.5 Å². The maximum absolute atomic E-state index is 12.7. The molecule has 3 rings (SSSR count). The number of fused-ring (bicyclic) bond motifs is 1. The van der Waals surface area contributed by atoms with Gasteiger partial charge in [0.15, 0.2) is 5.65 Å². The maximum atomic E-state index is 12.7. The van der Waals surface area contributed by atoms with Crippen molar-refractivity contribution in [1.29, 1.82) is 0 Å². The summed E-state index contributed by atoms with van der Waals surface area (Å²) >= 11 is 0. The van der Waals surface area contributed by atoms with E-state index in [1.54, 1.807) is 0 Å². The van der Waals surface area contributed by atoms with Crippen LogP contribution in [0.2, 0.25) is 0 Å². The number of nitrogens with one attached hydrogen (secondary N) is 1. The Labute approximate surface area is 152 Å². The van der Waals surface area contributed by atoms with E-state index in [2.05, 4.69) is 17.7 Å². The van der Waals surface area contributed by atoms with E-state index in [1.807, 2.05) is 58.8 Å². The Hall–Kier alpha value is -2.89. The van der Waals surface area contributed by atoms with Gasteiger partial charge in [-0.2, -0.15) is 4.52 Å². The van der Waals surface area contributed by atoms with E-state index in [4.69, 9.17) is 9.98 Å². The molecular formula is C20H25N5O. The van der Waals surface area contributed by atoms with Crippen LogP contribution in [-0.4, -0.2) is 28.7 Å². The van der Waals surface area contributed by atoms with Crippen LogP contribution in [0.1, 0.15) is 36.6 Å². The maximum Gasteiger partial charge on any atom is 0.275 e. The van der Waals surface area contributed by atoms with Crippen LogP contribution in [0.4, 0.5) is 11.4 Å². The number of aryl methyl sites for hydroxylation is 1. The first-order chi connectivity index (χ1) is 12.2. The minimum Gasteiger partial charge on any atom is -0.378 e. The molecule has 26 heavy (non-hydrogen) atoms. The lowest BCUT2D eigenvalue weighted by Gasteiger charge is -2.13. The molecule has 6 nitrogen and oxygen atoms in total. The van der Waals surface area contributed by atoms with Gasteiger partial charge in [-0.05, 0) is 43.5 Å². The molecule has 0 unspecified atom stereocenters. The first-order valence-electron chi connectivity index (χ1n) is 8.67. The number of aromatic nitrogens is 3. The zero-order chi connectivity index (χ0) is 19.2. The van der Waals surface area contributed by atoms with Gasteiger partial charge in [0.2, 0.25) is 0 Å². The van der Waals surface area contributed by atoms with Crippen LogP contribution >= 0.6 is 0 Å². The molecule has 2 aromatic heterocycles. The number of H-pyrrole nitrogens is 1. The molecule has 0 bridgehead atoms. The lowest BCUT2D eigenvalue weighted by molar-refractivity contribution is 0.778. The van der Waals surface area contributed by atoms with Crippen LogP contribution in [0.3, 0.4) is 0 Å². The molecule has 0 fully saturated rings. The van der Waals surface area contributed by atoms with Gasteiger partial charge in [-0.15, -0.1) is 0 Å². The molecule has 2 heterocycles. The van der Waals surface area contributed by atoms with Crippen molar-refractivity contribution >= 4 is 23.6 Å². The second kappa shape index (κ2) is 6.44. The molecule has 1 aromatic carbocycles. The zero-order valence-electron chi connectivity index (χ0n) is 16.2. The fourth-order valence-corrected chi connectivity index (χ4v) is 3.05. The van der Waals surface area contributed by atoms with Gasteiger partial charge >= 0.3 is 0 Å². The summed E-state index contributed by atoms with van der Waals surface area (Å²) in [5, 5.41) is 4.18. The van der Waals surface area contributed by atoms with Gasteiger partial charge in [0.1, 0.15) is 5.36 Å². The number of rotatable bonds is 3. The topological polar surface area (TPSA) is 65.8 Å². The van der Waals surface area contributed by atoms with Crippen LogP contribution in [0.5, 0.6) is 0 Å². The van der Waals surface area contributed by atoms with Gasteiger partial charge in [-0.1, -0.05) is 20.4 Å². The van der Waals surface area contributed by atoms with Crippen molar-refractivity contribution < 1.29 is 0 Å². The van der Waals surface area contributed by atoms with Gasteiger partial charge < -0.3 is 4.90 Å². The summed E-state index contributed by atoms with van der Waals surface area (Å²) in [6.07, 6.45) is 0. The summed E-state index contributed by atoms with van der Waals surface area (Å²) in [4.78, 5) is 24.2. The average Bonchev–Trinajstić information content (AvgIpc) is 2.88. The number of nitrogens with zero attached hydrogens (tertiary/aromatic N) is 4. The second-order valence-electron chi connectivity index (χ2n) is 7.16. The van der Waals surface area contributed by atoms with Crippen molar-refractivity contribution in [3.8, 4) is 0 Å². The summed E-state index contributed by atoms with van der Waals surface area (Å²) in [7, 11) is 4.01. The van der Waals surface area contributed by atoms with Gasteiger partial charge in [-0.3, -0.25) is 9.89 Å².